The molecule has 2 fully saturated rings. The lowest BCUT2D eigenvalue weighted by molar-refractivity contribution is -0.135. The van der Waals surface area contributed by atoms with Crippen LogP contribution in [-0.2, 0) is 9.59 Å². The second-order valence-electron chi connectivity index (χ2n) is 7.34. The smallest absolute Gasteiger partial charge is 0.294 e. The van der Waals surface area contributed by atoms with E-state index >= 15 is 0 Å². The van der Waals surface area contributed by atoms with Crippen LogP contribution in [0, 0.1) is 5.82 Å². The topological polar surface area (TPSA) is 62.6 Å². The van der Waals surface area contributed by atoms with Crippen LogP contribution in [-0.4, -0.2) is 51.1 Å². The molecule has 0 atom stereocenters. The first kappa shape index (κ1) is 20.4. The Morgan fingerprint density at radius 2 is 1.73 bits per heavy atom. The Kier molecular flexibility index (Phi) is 6.03. The SMILES string of the molecule is O=C(CN1C(=O)SC(=Cc2cccn2-c2ccc(F)cc2)C1=O)N1CCCCCC1. The van der Waals surface area contributed by atoms with Crippen molar-refractivity contribution in [1.29, 1.82) is 0 Å². The molecule has 0 radical (unpaired) electrons. The first-order valence-electron chi connectivity index (χ1n) is 9.99. The second-order valence-corrected chi connectivity index (χ2v) is 8.34. The Morgan fingerprint density at radius 3 is 2.43 bits per heavy atom. The van der Waals surface area contributed by atoms with Gasteiger partial charge in [0.25, 0.3) is 11.1 Å². The Morgan fingerprint density at radius 1 is 1.03 bits per heavy atom. The van der Waals surface area contributed by atoms with Gasteiger partial charge in [-0.25, -0.2) is 4.39 Å². The van der Waals surface area contributed by atoms with E-state index in [9.17, 15) is 18.8 Å². The van der Waals surface area contributed by atoms with E-state index in [1.165, 1.54) is 12.1 Å². The highest BCUT2D eigenvalue weighted by molar-refractivity contribution is 8.18. The van der Waals surface area contributed by atoms with Crippen LogP contribution in [0.2, 0.25) is 0 Å². The molecule has 0 unspecified atom stereocenters. The van der Waals surface area contributed by atoms with E-state index in [0.717, 1.165) is 48.0 Å². The lowest BCUT2D eigenvalue weighted by Gasteiger charge is -2.22. The summed E-state index contributed by atoms with van der Waals surface area (Å²) in [5, 5.41) is -0.436. The van der Waals surface area contributed by atoms with Gasteiger partial charge < -0.3 is 9.47 Å². The minimum Gasteiger partial charge on any atom is -0.341 e. The number of thioether (sulfide) groups is 1. The van der Waals surface area contributed by atoms with Crippen LogP contribution in [0.3, 0.4) is 0 Å². The number of hydrogen-bond donors (Lipinski definition) is 0. The van der Waals surface area contributed by atoms with Crippen molar-refractivity contribution in [2.45, 2.75) is 25.7 Å². The van der Waals surface area contributed by atoms with Gasteiger partial charge in [-0.3, -0.25) is 19.3 Å². The van der Waals surface area contributed by atoms with Crippen LogP contribution in [0.5, 0.6) is 0 Å². The molecule has 3 heterocycles. The van der Waals surface area contributed by atoms with Crippen LogP contribution < -0.4 is 0 Å². The van der Waals surface area contributed by atoms with Crippen molar-refractivity contribution >= 4 is 34.9 Å². The van der Waals surface area contributed by atoms with Gasteiger partial charge in [-0.2, -0.15) is 0 Å². The monoisotopic (exact) mass is 427 g/mol. The number of benzene rings is 1. The van der Waals surface area contributed by atoms with Gasteiger partial charge in [-0.15, -0.1) is 0 Å². The second kappa shape index (κ2) is 8.87. The quantitative estimate of drug-likeness (QED) is 0.691. The predicted molar refractivity (Wildman–Crippen MR) is 113 cm³/mol. The zero-order chi connectivity index (χ0) is 21.1. The lowest BCUT2D eigenvalue weighted by Crippen LogP contribution is -2.42. The molecule has 1 aromatic heterocycles. The third kappa shape index (κ3) is 4.33. The molecule has 0 N–H and O–H groups in total. The molecule has 4 rings (SSSR count). The highest BCUT2D eigenvalue weighted by Gasteiger charge is 2.37. The Bertz CT molecular complexity index is 991. The van der Waals surface area contributed by atoms with Crippen LogP contribution in [0.15, 0.2) is 47.5 Å². The van der Waals surface area contributed by atoms with Gasteiger partial charge in [0.05, 0.1) is 4.91 Å². The van der Waals surface area contributed by atoms with E-state index in [4.69, 9.17) is 0 Å². The Balaban J connectivity index is 1.50. The number of aromatic nitrogens is 1. The molecule has 0 aliphatic carbocycles. The Hall–Kier alpha value is -2.87. The van der Waals surface area contributed by atoms with Crippen LogP contribution in [0.1, 0.15) is 31.4 Å². The molecule has 30 heavy (non-hydrogen) atoms. The predicted octanol–water partition coefficient (Wildman–Crippen LogP) is 4.06. The molecule has 3 amide bonds. The van der Waals surface area contributed by atoms with Gasteiger partial charge in [0, 0.05) is 30.7 Å². The summed E-state index contributed by atoms with van der Waals surface area (Å²) < 4.78 is 15.0. The summed E-state index contributed by atoms with van der Waals surface area (Å²) in [6.07, 6.45) is 7.53. The number of amides is 3. The molecule has 0 spiro atoms. The van der Waals surface area contributed by atoms with Crippen molar-refractivity contribution in [3.63, 3.8) is 0 Å². The molecule has 8 heteroatoms. The van der Waals surface area contributed by atoms with Crippen molar-refractivity contribution < 1.29 is 18.8 Å². The van der Waals surface area contributed by atoms with Crippen molar-refractivity contribution in [3.8, 4) is 5.69 Å². The summed E-state index contributed by atoms with van der Waals surface area (Å²) in [6, 6.07) is 9.61. The maximum Gasteiger partial charge on any atom is 0.294 e. The number of hydrogen-bond acceptors (Lipinski definition) is 4. The zero-order valence-electron chi connectivity index (χ0n) is 16.4. The molecule has 2 saturated heterocycles. The maximum absolute atomic E-state index is 13.2. The fraction of sp³-hybridized carbons (Fsp3) is 0.318. The van der Waals surface area contributed by atoms with E-state index in [0.29, 0.717) is 18.8 Å². The number of carbonyl (C=O) groups excluding carboxylic acids is 3. The summed E-state index contributed by atoms with van der Waals surface area (Å²) in [7, 11) is 0. The molecule has 2 aliphatic heterocycles. The van der Waals surface area contributed by atoms with Gasteiger partial charge in [-0.1, -0.05) is 12.8 Å². The average molecular weight is 428 g/mol. The molecule has 1 aromatic carbocycles. The number of imide groups is 1. The highest BCUT2D eigenvalue weighted by Crippen LogP contribution is 2.32. The molecule has 2 aromatic rings. The molecule has 6 nitrogen and oxygen atoms in total. The van der Waals surface area contributed by atoms with Crippen LogP contribution >= 0.6 is 11.8 Å². The largest absolute Gasteiger partial charge is 0.341 e. The first-order valence-corrected chi connectivity index (χ1v) is 10.8. The molecule has 0 saturated carbocycles. The number of likely N-dealkylation sites (tertiary alicyclic amines) is 1. The van der Waals surface area contributed by atoms with Crippen molar-refractivity contribution in [2.24, 2.45) is 0 Å². The lowest BCUT2D eigenvalue weighted by atomic mass is 10.2. The van der Waals surface area contributed by atoms with Gasteiger partial charge in [0.15, 0.2) is 0 Å². The summed E-state index contributed by atoms with van der Waals surface area (Å²) in [6.45, 7) is 1.13. The van der Waals surface area contributed by atoms with E-state index in [1.807, 2.05) is 6.07 Å². The summed E-state index contributed by atoms with van der Waals surface area (Å²) in [5.74, 6) is -0.974. The summed E-state index contributed by atoms with van der Waals surface area (Å²) in [4.78, 5) is 40.9. The minimum atomic E-state index is -0.458. The number of nitrogens with zero attached hydrogens (tertiary/aromatic N) is 3. The average Bonchev–Trinajstić information content (AvgIpc) is 3.16. The van der Waals surface area contributed by atoms with Crippen molar-refractivity contribution in [3.05, 3.63) is 59.0 Å². The normalized spacial score (nSPS) is 18.9. The molecule has 156 valence electrons. The first-order chi connectivity index (χ1) is 14.5. The van der Waals surface area contributed by atoms with E-state index in [-0.39, 0.29) is 23.2 Å². The van der Waals surface area contributed by atoms with Gasteiger partial charge in [0.1, 0.15) is 12.4 Å². The molecule has 0 bridgehead atoms. The fourth-order valence-electron chi connectivity index (χ4n) is 3.67. The van der Waals surface area contributed by atoms with Crippen LogP contribution in [0.25, 0.3) is 11.8 Å². The van der Waals surface area contributed by atoms with Crippen molar-refractivity contribution in [2.75, 3.05) is 19.6 Å². The maximum atomic E-state index is 13.2. The Labute approximate surface area is 178 Å². The highest BCUT2D eigenvalue weighted by atomic mass is 32.2. The van der Waals surface area contributed by atoms with Gasteiger partial charge >= 0.3 is 0 Å². The standard InChI is InChI=1S/C22H22FN3O3S/c23-16-7-9-17(10-8-16)25-13-5-6-18(25)14-19-21(28)26(22(29)30-19)15-20(27)24-11-3-1-2-4-12-24/h5-10,13-14H,1-4,11-12,15H2. The van der Waals surface area contributed by atoms with Crippen molar-refractivity contribution in [1.82, 2.24) is 14.4 Å². The van der Waals surface area contributed by atoms with E-state index in [1.54, 1.807) is 39.9 Å². The molecular weight excluding hydrogens is 405 g/mol. The zero-order valence-corrected chi connectivity index (χ0v) is 17.2. The third-order valence-electron chi connectivity index (χ3n) is 5.29. The number of carbonyl (C=O) groups is 3. The van der Waals surface area contributed by atoms with Gasteiger partial charge in [-0.05, 0) is 67.1 Å². The molecule has 2 aliphatic rings. The van der Waals surface area contributed by atoms with Crippen LogP contribution in [0.4, 0.5) is 9.18 Å². The fourth-order valence-corrected chi connectivity index (χ4v) is 4.50. The minimum absolute atomic E-state index is 0.185. The summed E-state index contributed by atoms with van der Waals surface area (Å²) in [5.41, 5.74) is 1.43. The van der Waals surface area contributed by atoms with E-state index < -0.39 is 11.1 Å². The van der Waals surface area contributed by atoms with E-state index in [2.05, 4.69) is 0 Å². The summed E-state index contributed by atoms with van der Waals surface area (Å²) >= 11 is 0.834. The number of halogens is 1. The molecular formula is C22H22FN3O3S. The number of rotatable bonds is 4. The van der Waals surface area contributed by atoms with Gasteiger partial charge in [0.2, 0.25) is 5.91 Å². The third-order valence-corrected chi connectivity index (χ3v) is 6.20.